The number of carbonyl (C=O) groups is 2. The second kappa shape index (κ2) is 8.19. The molecule has 0 bridgehead atoms. The summed E-state index contributed by atoms with van der Waals surface area (Å²) in [7, 11) is 0. The van der Waals surface area contributed by atoms with Gasteiger partial charge in [-0.05, 0) is 36.8 Å². The zero-order valence-electron chi connectivity index (χ0n) is 15.5. The van der Waals surface area contributed by atoms with E-state index in [-0.39, 0.29) is 18.4 Å². The van der Waals surface area contributed by atoms with Gasteiger partial charge in [0.25, 0.3) is 5.91 Å². The molecule has 0 fully saturated rings. The van der Waals surface area contributed by atoms with E-state index in [0.717, 1.165) is 11.1 Å². The summed E-state index contributed by atoms with van der Waals surface area (Å²) >= 11 is 1.18. The van der Waals surface area contributed by atoms with E-state index in [0.29, 0.717) is 28.9 Å². The number of fused-ring (bicyclic) bond motifs is 1. The number of hydrogen-bond donors (Lipinski definition) is 3. The minimum Gasteiger partial charge on any atom is -0.454 e. The Labute approximate surface area is 170 Å². The van der Waals surface area contributed by atoms with Crippen molar-refractivity contribution in [2.24, 2.45) is 0 Å². The molecule has 2 aromatic carbocycles. The summed E-state index contributed by atoms with van der Waals surface area (Å²) in [4.78, 5) is 28.6. The lowest BCUT2D eigenvalue weighted by Gasteiger charge is -2.06. The van der Waals surface area contributed by atoms with Crippen LogP contribution in [0.3, 0.4) is 0 Å². The summed E-state index contributed by atoms with van der Waals surface area (Å²) in [5.41, 5.74) is 2.90. The Morgan fingerprint density at radius 2 is 1.86 bits per heavy atom. The predicted molar refractivity (Wildman–Crippen MR) is 110 cm³/mol. The molecule has 0 saturated carbocycles. The number of ether oxygens (including phenoxy) is 2. The van der Waals surface area contributed by atoms with Gasteiger partial charge in [-0.3, -0.25) is 10.1 Å². The third-order valence-corrected chi connectivity index (χ3v) is 4.91. The van der Waals surface area contributed by atoms with Crippen molar-refractivity contribution < 1.29 is 19.1 Å². The maximum atomic E-state index is 12.3. The lowest BCUT2D eigenvalue weighted by atomic mass is 10.2. The maximum Gasteiger partial charge on any atom is 0.325 e. The third kappa shape index (κ3) is 4.64. The molecule has 0 spiro atoms. The molecule has 4 rings (SSSR count). The molecule has 0 atom stereocenters. The van der Waals surface area contributed by atoms with E-state index in [1.165, 1.54) is 11.3 Å². The number of benzene rings is 2. The van der Waals surface area contributed by atoms with Gasteiger partial charge in [0.2, 0.25) is 6.79 Å². The average molecular weight is 410 g/mol. The fourth-order valence-electron chi connectivity index (χ4n) is 2.66. The van der Waals surface area contributed by atoms with Gasteiger partial charge in [-0.15, -0.1) is 11.3 Å². The maximum absolute atomic E-state index is 12.3. The molecule has 3 amide bonds. The Kier molecular flexibility index (Phi) is 5.30. The van der Waals surface area contributed by atoms with E-state index in [1.54, 1.807) is 11.4 Å². The summed E-state index contributed by atoms with van der Waals surface area (Å²) in [6.45, 7) is 2.50. The molecule has 0 radical (unpaired) electrons. The highest BCUT2D eigenvalue weighted by molar-refractivity contribution is 7.14. The molecular weight excluding hydrogens is 392 g/mol. The van der Waals surface area contributed by atoms with Crippen LogP contribution in [0.2, 0.25) is 0 Å². The summed E-state index contributed by atoms with van der Waals surface area (Å²) in [5, 5.41) is 10.1. The number of hydrogen-bond acceptors (Lipinski definition) is 6. The lowest BCUT2D eigenvalue weighted by Crippen LogP contribution is -2.23. The van der Waals surface area contributed by atoms with Crippen LogP contribution in [0.15, 0.2) is 47.8 Å². The van der Waals surface area contributed by atoms with Gasteiger partial charge in [-0.2, -0.15) is 0 Å². The van der Waals surface area contributed by atoms with E-state index in [1.807, 2.05) is 43.3 Å². The molecule has 2 heterocycles. The molecule has 29 heavy (non-hydrogen) atoms. The van der Waals surface area contributed by atoms with Gasteiger partial charge < -0.3 is 20.1 Å². The van der Waals surface area contributed by atoms with Crippen LogP contribution in [0, 0.1) is 6.92 Å². The van der Waals surface area contributed by atoms with Gasteiger partial charge in [0.1, 0.15) is 5.69 Å². The number of amides is 3. The molecule has 148 valence electrons. The van der Waals surface area contributed by atoms with Crippen LogP contribution in [0.1, 0.15) is 21.6 Å². The van der Waals surface area contributed by atoms with Gasteiger partial charge in [-0.25, -0.2) is 9.78 Å². The molecule has 0 aliphatic carbocycles. The van der Waals surface area contributed by atoms with Gasteiger partial charge in [-0.1, -0.05) is 23.8 Å². The monoisotopic (exact) mass is 410 g/mol. The number of carbonyl (C=O) groups excluding carboxylic acids is 2. The Morgan fingerprint density at radius 1 is 1.07 bits per heavy atom. The predicted octanol–water partition coefficient (Wildman–Crippen LogP) is 3.75. The SMILES string of the molecule is Cc1ccc(NC(=O)Nc2nc(C(=O)NCc3ccc4c(c3)OCO4)cs2)cc1. The summed E-state index contributed by atoms with van der Waals surface area (Å²) < 4.78 is 10.6. The van der Waals surface area contributed by atoms with Crippen molar-refractivity contribution in [2.75, 3.05) is 17.4 Å². The number of thiazole rings is 1. The largest absolute Gasteiger partial charge is 0.454 e. The van der Waals surface area contributed by atoms with Crippen LogP contribution < -0.4 is 25.4 Å². The highest BCUT2D eigenvalue weighted by Gasteiger charge is 2.15. The van der Waals surface area contributed by atoms with Crippen molar-refractivity contribution in [1.82, 2.24) is 10.3 Å². The summed E-state index contributed by atoms with van der Waals surface area (Å²) in [6, 6.07) is 12.5. The summed E-state index contributed by atoms with van der Waals surface area (Å²) in [5.74, 6) is 1.03. The molecule has 1 aromatic heterocycles. The number of rotatable bonds is 5. The fourth-order valence-corrected chi connectivity index (χ4v) is 3.34. The Balaban J connectivity index is 1.30. The highest BCUT2D eigenvalue weighted by atomic mass is 32.1. The summed E-state index contributed by atoms with van der Waals surface area (Å²) in [6.07, 6.45) is 0. The third-order valence-electron chi connectivity index (χ3n) is 4.16. The number of nitrogens with one attached hydrogen (secondary N) is 3. The average Bonchev–Trinajstić information content (AvgIpc) is 3.37. The van der Waals surface area contributed by atoms with Crippen LogP contribution in [0.5, 0.6) is 11.5 Å². The molecular formula is C20H18N4O4S. The van der Waals surface area contributed by atoms with Crippen LogP contribution in [0.25, 0.3) is 0 Å². The Hall–Kier alpha value is -3.59. The smallest absolute Gasteiger partial charge is 0.325 e. The second-order valence-corrected chi connectivity index (χ2v) is 7.21. The van der Waals surface area contributed by atoms with Crippen LogP contribution in [-0.4, -0.2) is 23.7 Å². The normalized spacial score (nSPS) is 11.8. The standard InChI is InChI=1S/C20H18N4O4S/c1-12-2-5-14(6-3-12)22-19(26)24-20-23-15(10-29-20)18(25)21-9-13-4-7-16-17(8-13)28-11-27-16/h2-8,10H,9,11H2,1H3,(H,21,25)(H2,22,23,24,26). The number of anilines is 2. The first-order valence-corrected chi connectivity index (χ1v) is 9.72. The molecule has 9 heteroatoms. The second-order valence-electron chi connectivity index (χ2n) is 6.35. The number of urea groups is 1. The van der Waals surface area contributed by atoms with Crippen molar-refractivity contribution in [1.29, 1.82) is 0 Å². The fraction of sp³-hybridized carbons (Fsp3) is 0.150. The number of aryl methyl sites for hydroxylation is 1. The zero-order chi connectivity index (χ0) is 20.2. The molecule has 0 unspecified atom stereocenters. The highest BCUT2D eigenvalue weighted by Crippen LogP contribution is 2.32. The number of aromatic nitrogens is 1. The minimum atomic E-state index is -0.421. The van der Waals surface area contributed by atoms with Crippen molar-refractivity contribution in [3.05, 3.63) is 64.7 Å². The van der Waals surface area contributed by atoms with E-state index in [2.05, 4.69) is 20.9 Å². The lowest BCUT2D eigenvalue weighted by molar-refractivity contribution is 0.0946. The van der Waals surface area contributed by atoms with Gasteiger partial charge >= 0.3 is 6.03 Å². The van der Waals surface area contributed by atoms with Crippen LogP contribution >= 0.6 is 11.3 Å². The molecule has 1 aliphatic rings. The van der Waals surface area contributed by atoms with E-state index >= 15 is 0 Å². The molecule has 3 aromatic rings. The molecule has 8 nitrogen and oxygen atoms in total. The first kappa shape index (κ1) is 18.8. The van der Waals surface area contributed by atoms with Crippen LogP contribution in [0.4, 0.5) is 15.6 Å². The Morgan fingerprint density at radius 3 is 2.69 bits per heavy atom. The van der Waals surface area contributed by atoms with Crippen molar-refractivity contribution in [2.45, 2.75) is 13.5 Å². The quantitative estimate of drug-likeness (QED) is 0.595. The van der Waals surface area contributed by atoms with Gasteiger partial charge in [0.05, 0.1) is 0 Å². The minimum absolute atomic E-state index is 0.206. The van der Waals surface area contributed by atoms with E-state index in [9.17, 15) is 9.59 Å². The van der Waals surface area contributed by atoms with Crippen molar-refractivity contribution in [3.8, 4) is 11.5 Å². The number of nitrogens with zero attached hydrogens (tertiary/aromatic N) is 1. The van der Waals surface area contributed by atoms with Gasteiger partial charge in [0, 0.05) is 17.6 Å². The van der Waals surface area contributed by atoms with E-state index in [4.69, 9.17) is 9.47 Å². The van der Waals surface area contributed by atoms with E-state index < -0.39 is 6.03 Å². The topological polar surface area (TPSA) is 102 Å². The Bertz CT molecular complexity index is 1050. The molecule has 0 saturated heterocycles. The molecule has 3 N–H and O–H groups in total. The first-order chi connectivity index (χ1) is 14.1. The molecule has 1 aliphatic heterocycles. The zero-order valence-corrected chi connectivity index (χ0v) is 16.3. The van der Waals surface area contributed by atoms with Crippen molar-refractivity contribution in [3.63, 3.8) is 0 Å². The van der Waals surface area contributed by atoms with Crippen LogP contribution in [-0.2, 0) is 6.54 Å². The van der Waals surface area contributed by atoms with Crippen molar-refractivity contribution >= 4 is 34.1 Å². The first-order valence-electron chi connectivity index (χ1n) is 8.84. The van der Waals surface area contributed by atoms with Gasteiger partial charge in [0.15, 0.2) is 16.6 Å².